The Balaban J connectivity index is 1.85. The van der Waals surface area contributed by atoms with Gasteiger partial charge in [-0.05, 0) is 30.5 Å². The number of benzene rings is 1. The van der Waals surface area contributed by atoms with Crippen LogP contribution in [0.25, 0.3) is 0 Å². The van der Waals surface area contributed by atoms with Crippen LogP contribution >= 0.6 is 11.6 Å². The van der Waals surface area contributed by atoms with E-state index in [4.69, 9.17) is 22.3 Å². The van der Waals surface area contributed by atoms with E-state index >= 15 is 0 Å². The Bertz CT molecular complexity index is 606. The fraction of sp³-hybridized carbons (Fsp3) is 0.375. The van der Waals surface area contributed by atoms with Gasteiger partial charge >= 0.3 is 0 Å². The SMILES string of the molecule is Nc1cc(C2CCCC2)nc(Cc2cccc(Cl)c2)n1. The number of nitrogens with two attached hydrogens (primary N) is 1. The highest BCUT2D eigenvalue weighted by molar-refractivity contribution is 6.30. The lowest BCUT2D eigenvalue weighted by Crippen LogP contribution is -2.06. The van der Waals surface area contributed by atoms with Crippen molar-refractivity contribution in [3.63, 3.8) is 0 Å². The molecule has 0 radical (unpaired) electrons. The molecular formula is C16H18ClN3. The van der Waals surface area contributed by atoms with E-state index in [-0.39, 0.29) is 0 Å². The highest BCUT2D eigenvalue weighted by Gasteiger charge is 2.19. The monoisotopic (exact) mass is 287 g/mol. The third-order valence-corrected chi connectivity index (χ3v) is 4.07. The zero-order valence-electron chi connectivity index (χ0n) is 11.3. The van der Waals surface area contributed by atoms with Gasteiger partial charge < -0.3 is 5.73 Å². The maximum absolute atomic E-state index is 6.01. The van der Waals surface area contributed by atoms with Crippen LogP contribution in [0.4, 0.5) is 5.82 Å². The fourth-order valence-electron chi connectivity index (χ4n) is 2.88. The van der Waals surface area contributed by atoms with Gasteiger partial charge in [0.05, 0.1) is 0 Å². The average molecular weight is 288 g/mol. The minimum atomic E-state index is 0.554. The second-order valence-electron chi connectivity index (χ2n) is 5.42. The number of rotatable bonds is 3. The van der Waals surface area contributed by atoms with E-state index in [1.54, 1.807) is 0 Å². The Labute approximate surface area is 124 Å². The number of aromatic nitrogens is 2. The van der Waals surface area contributed by atoms with E-state index in [0.717, 1.165) is 22.1 Å². The van der Waals surface area contributed by atoms with Crippen molar-refractivity contribution in [2.45, 2.75) is 38.0 Å². The van der Waals surface area contributed by atoms with Crippen LogP contribution in [0, 0.1) is 0 Å². The molecule has 20 heavy (non-hydrogen) atoms. The fourth-order valence-corrected chi connectivity index (χ4v) is 3.09. The maximum atomic E-state index is 6.01. The highest BCUT2D eigenvalue weighted by Crippen LogP contribution is 2.33. The molecule has 1 aromatic heterocycles. The van der Waals surface area contributed by atoms with Gasteiger partial charge in [0, 0.05) is 29.1 Å². The van der Waals surface area contributed by atoms with Crippen molar-refractivity contribution in [2.24, 2.45) is 0 Å². The molecule has 0 bridgehead atoms. The molecule has 0 atom stereocenters. The Hall–Kier alpha value is -1.61. The summed E-state index contributed by atoms with van der Waals surface area (Å²) in [5.74, 6) is 1.91. The molecule has 104 valence electrons. The van der Waals surface area contributed by atoms with Crippen molar-refractivity contribution in [1.82, 2.24) is 9.97 Å². The Morgan fingerprint density at radius 2 is 1.95 bits per heavy atom. The normalized spacial score (nSPS) is 15.7. The first-order valence-electron chi connectivity index (χ1n) is 7.08. The van der Waals surface area contributed by atoms with E-state index in [1.807, 2.05) is 30.3 Å². The number of hydrogen-bond acceptors (Lipinski definition) is 3. The number of nitrogen functional groups attached to an aromatic ring is 1. The molecule has 2 aromatic rings. The zero-order chi connectivity index (χ0) is 13.9. The highest BCUT2D eigenvalue weighted by atomic mass is 35.5. The second-order valence-corrected chi connectivity index (χ2v) is 5.86. The molecule has 0 spiro atoms. The van der Waals surface area contributed by atoms with Gasteiger partial charge in [-0.3, -0.25) is 0 Å². The minimum Gasteiger partial charge on any atom is -0.384 e. The van der Waals surface area contributed by atoms with Crippen molar-refractivity contribution in [1.29, 1.82) is 0 Å². The Morgan fingerprint density at radius 1 is 1.15 bits per heavy atom. The molecule has 3 rings (SSSR count). The van der Waals surface area contributed by atoms with Crippen LogP contribution in [0.3, 0.4) is 0 Å². The van der Waals surface area contributed by atoms with Crippen LogP contribution in [0.15, 0.2) is 30.3 Å². The average Bonchev–Trinajstić information content (AvgIpc) is 2.91. The summed E-state index contributed by atoms with van der Waals surface area (Å²) in [4.78, 5) is 9.06. The summed E-state index contributed by atoms with van der Waals surface area (Å²) in [6.45, 7) is 0. The smallest absolute Gasteiger partial charge is 0.135 e. The van der Waals surface area contributed by atoms with E-state index in [9.17, 15) is 0 Å². The quantitative estimate of drug-likeness (QED) is 0.929. The van der Waals surface area contributed by atoms with Gasteiger partial charge in [0.15, 0.2) is 0 Å². The molecule has 2 N–H and O–H groups in total. The van der Waals surface area contributed by atoms with Crippen molar-refractivity contribution >= 4 is 17.4 Å². The molecule has 1 aromatic carbocycles. The van der Waals surface area contributed by atoms with E-state index in [2.05, 4.69) is 4.98 Å². The van der Waals surface area contributed by atoms with Gasteiger partial charge in [-0.1, -0.05) is 36.6 Å². The molecule has 0 saturated heterocycles. The van der Waals surface area contributed by atoms with Crippen LogP contribution in [-0.2, 0) is 6.42 Å². The number of halogens is 1. The molecule has 1 aliphatic carbocycles. The number of hydrogen-bond donors (Lipinski definition) is 1. The standard InChI is InChI=1S/C16H18ClN3/c17-13-7-3-4-11(8-13)9-16-19-14(10-15(18)20-16)12-5-1-2-6-12/h3-4,7-8,10,12H,1-2,5-6,9H2,(H2,18,19,20). The van der Waals surface area contributed by atoms with Crippen LogP contribution < -0.4 is 5.73 Å². The first kappa shape index (κ1) is 13.4. The second kappa shape index (κ2) is 5.80. The lowest BCUT2D eigenvalue weighted by molar-refractivity contribution is 0.687. The van der Waals surface area contributed by atoms with E-state index < -0.39 is 0 Å². The summed E-state index contributed by atoms with van der Waals surface area (Å²) in [5.41, 5.74) is 8.15. The van der Waals surface area contributed by atoms with Crippen LogP contribution in [0.1, 0.15) is 48.7 Å². The molecule has 1 aliphatic rings. The van der Waals surface area contributed by atoms with Crippen molar-refractivity contribution in [3.05, 3.63) is 52.4 Å². The minimum absolute atomic E-state index is 0.554. The first-order valence-corrected chi connectivity index (χ1v) is 7.46. The number of anilines is 1. The molecule has 1 heterocycles. The summed E-state index contributed by atoms with van der Waals surface area (Å²) < 4.78 is 0. The summed E-state index contributed by atoms with van der Waals surface area (Å²) in [6.07, 6.45) is 5.68. The van der Waals surface area contributed by atoms with Crippen LogP contribution in [0.2, 0.25) is 5.02 Å². The van der Waals surface area contributed by atoms with Gasteiger partial charge in [-0.25, -0.2) is 9.97 Å². The number of nitrogens with zero attached hydrogens (tertiary/aromatic N) is 2. The van der Waals surface area contributed by atoms with Gasteiger partial charge in [-0.15, -0.1) is 0 Å². The van der Waals surface area contributed by atoms with Gasteiger partial charge in [0.25, 0.3) is 0 Å². The Morgan fingerprint density at radius 3 is 2.70 bits per heavy atom. The summed E-state index contributed by atoms with van der Waals surface area (Å²) in [6, 6.07) is 9.73. The topological polar surface area (TPSA) is 51.8 Å². The molecule has 0 amide bonds. The van der Waals surface area contributed by atoms with E-state index in [1.165, 1.54) is 25.7 Å². The van der Waals surface area contributed by atoms with Gasteiger partial charge in [0.1, 0.15) is 11.6 Å². The molecule has 4 heteroatoms. The van der Waals surface area contributed by atoms with Gasteiger partial charge in [-0.2, -0.15) is 0 Å². The molecule has 1 saturated carbocycles. The van der Waals surface area contributed by atoms with Crippen LogP contribution in [0.5, 0.6) is 0 Å². The maximum Gasteiger partial charge on any atom is 0.135 e. The molecule has 1 fully saturated rings. The first-order chi connectivity index (χ1) is 9.70. The Kier molecular flexibility index (Phi) is 3.88. The molecular weight excluding hydrogens is 270 g/mol. The molecule has 3 nitrogen and oxygen atoms in total. The van der Waals surface area contributed by atoms with E-state index in [0.29, 0.717) is 18.2 Å². The largest absolute Gasteiger partial charge is 0.384 e. The lowest BCUT2D eigenvalue weighted by atomic mass is 10.0. The summed E-state index contributed by atoms with van der Waals surface area (Å²) in [5, 5.41) is 0.738. The van der Waals surface area contributed by atoms with Crippen molar-refractivity contribution < 1.29 is 0 Å². The summed E-state index contributed by atoms with van der Waals surface area (Å²) in [7, 11) is 0. The predicted octanol–water partition coefficient (Wildman–Crippen LogP) is 3.96. The zero-order valence-corrected chi connectivity index (χ0v) is 12.1. The predicted molar refractivity (Wildman–Crippen MR) is 81.9 cm³/mol. The molecule has 0 unspecified atom stereocenters. The van der Waals surface area contributed by atoms with Crippen molar-refractivity contribution in [3.8, 4) is 0 Å². The summed E-state index contributed by atoms with van der Waals surface area (Å²) >= 11 is 6.01. The lowest BCUT2D eigenvalue weighted by Gasteiger charge is -2.11. The molecule has 0 aliphatic heterocycles. The third-order valence-electron chi connectivity index (χ3n) is 3.84. The third kappa shape index (κ3) is 3.10. The van der Waals surface area contributed by atoms with Crippen molar-refractivity contribution in [2.75, 3.05) is 5.73 Å². The van der Waals surface area contributed by atoms with Gasteiger partial charge in [0.2, 0.25) is 0 Å². The van der Waals surface area contributed by atoms with Crippen LogP contribution in [-0.4, -0.2) is 9.97 Å².